The summed E-state index contributed by atoms with van der Waals surface area (Å²) in [6.07, 6.45) is 2.14. The fourth-order valence-electron chi connectivity index (χ4n) is 4.15. The molecule has 178 valence electrons. The van der Waals surface area contributed by atoms with Gasteiger partial charge in [0.05, 0.1) is 15.9 Å². The van der Waals surface area contributed by atoms with Gasteiger partial charge < -0.3 is 9.67 Å². The van der Waals surface area contributed by atoms with Gasteiger partial charge in [0.1, 0.15) is 11.5 Å². The van der Waals surface area contributed by atoms with E-state index in [-0.39, 0.29) is 16.6 Å². The van der Waals surface area contributed by atoms with E-state index in [1.54, 1.807) is 24.3 Å². The molecular weight excluding hydrogens is 467 g/mol. The second-order valence-electron chi connectivity index (χ2n) is 8.45. The smallest absolute Gasteiger partial charge is 0.234 e. The fraction of sp³-hybridized carbons (Fsp3) is 0.154. The molecule has 9 heteroatoms. The van der Waals surface area contributed by atoms with Crippen LogP contribution in [0.15, 0.2) is 77.7 Å². The molecule has 5 rings (SSSR count). The lowest BCUT2D eigenvalue weighted by Crippen LogP contribution is -2.04. The Morgan fingerprint density at radius 2 is 1.63 bits per heavy atom. The second-order valence-corrected chi connectivity index (χ2v) is 10.5. The molecule has 0 unspecified atom stereocenters. The number of imidazole rings is 1. The van der Waals surface area contributed by atoms with Gasteiger partial charge in [-0.25, -0.2) is 17.8 Å². The lowest BCUT2D eigenvalue weighted by molar-refractivity contribution is 0.423. The summed E-state index contributed by atoms with van der Waals surface area (Å²) in [6.45, 7) is 0. The molecule has 3 aromatic carbocycles. The molecule has 2 heterocycles. The van der Waals surface area contributed by atoms with Gasteiger partial charge in [0, 0.05) is 24.4 Å². The van der Waals surface area contributed by atoms with Crippen LogP contribution in [0, 0.1) is 5.82 Å². The number of aryl methyl sites for hydroxylation is 2. The number of aromatic nitrogens is 4. The summed E-state index contributed by atoms with van der Waals surface area (Å²) < 4.78 is 40.4. The molecule has 0 bridgehead atoms. The summed E-state index contributed by atoms with van der Waals surface area (Å²) in [4.78, 5) is 4.85. The second kappa shape index (κ2) is 8.66. The van der Waals surface area contributed by atoms with Crippen molar-refractivity contribution in [2.24, 2.45) is 7.05 Å². The number of benzene rings is 3. The van der Waals surface area contributed by atoms with Crippen molar-refractivity contribution in [1.82, 2.24) is 19.3 Å². The van der Waals surface area contributed by atoms with Crippen molar-refractivity contribution >= 4 is 20.9 Å². The first-order valence-electron chi connectivity index (χ1n) is 11.0. The number of para-hydroxylation sites is 2. The van der Waals surface area contributed by atoms with E-state index in [0.29, 0.717) is 35.6 Å². The molecule has 0 spiro atoms. The van der Waals surface area contributed by atoms with Gasteiger partial charge in [0.25, 0.3) is 0 Å². The van der Waals surface area contributed by atoms with Crippen LogP contribution in [0.4, 0.5) is 4.39 Å². The third kappa shape index (κ3) is 4.30. The van der Waals surface area contributed by atoms with Gasteiger partial charge in [-0.3, -0.25) is 0 Å². The van der Waals surface area contributed by atoms with E-state index in [1.165, 1.54) is 28.9 Å². The topological polar surface area (TPSA) is 90.0 Å². The predicted octanol–water partition coefficient (Wildman–Crippen LogP) is 4.46. The van der Waals surface area contributed by atoms with Crippen LogP contribution in [-0.4, -0.2) is 39.1 Å². The van der Waals surface area contributed by atoms with Crippen LogP contribution in [0.2, 0.25) is 0 Å². The largest absolute Gasteiger partial charge is 0.493 e. The molecule has 0 atom stereocenters. The molecule has 5 aromatic rings. The Bertz CT molecular complexity index is 1640. The number of fused-ring (bicyclic) bond motifs is 1. The average Bonchev–Trinajstić information content (AvgIpc) is 3.35. The highest BCUT2D eigenvalue weighted by Gasteiger charge is 2.23. The van der Waals surface area contributed by atoms with E-state index in [0.717, 1.165) is 22.9 Å². The van der Waals surface area contributed by atoms with Crippen LogP contribution in [0.3, 0.4) is 0 Å². The highest BCUT2D eigenvalue weighted by molar-refractivity contribution is 7.90. The molecule has 0 amide bonds. The number of halogens is 1. The third-order valence-corrected chi connectivity index (χ3v) is 7.17. The Hall–Kier alpha value is -3.98. The summed E-state index contributed by atoms with van der Waals surface area (Å²) in [7, 11) is -1.50. The van der Waals surface area contributed by atoms with E-state index in [1.807, 2.05) is 35.9 Å². The van der Waals surface area contributed by atoms with Crippen LogP contribution in [0.25, 0.3) is 28.2 Å². The van der Waals surface area contributed by atoms with Gasteiger partial charge in [-0.15, -0.1) is 0 Å². The summed E-state index contributed by atoms with van der Waals surface area (Å²) in [5, 5.41) is 16.0. The van der Waals surface area contributed by atoms with E-state index >= 15 is 0 Å². The zero-order chi connectivity index (χ0) is 24.7. The summed E-state index contributed by atoms with van der Waals surface area (Å²) >= 11 is 0. The Morgan fingerprint density at radius 3 is 2.29 bits per heavy atom. The number of hydrogen-bond acceptors (Lipinski definition) is 5. The number of nitrogens with zero attached hydrogens (tertiary/aromatic N) is 4. The quantitative estimate of drug-likeness (QED) is 0.380. The van der Waals surface area contributed by atoms with Crippen LogP contribution in [0.5, 0.6) is 5.88 Å². The first-order chi connectivity index (χ1) is 16.7. The molecule has 2 aromatic heterocycles. The summed E-state index contributed by atoms with van der Waals surface area (Å²) in [5.41, 5.74) is 4.36. The van der Waals surface area contributed by atoms with Crippen molar-refractivity contribution < 1.29 is 17.9 Å². The van der Waals surface area contributed by atoms with Crippen LogP contribution in [-0.2, 0) is 29.7 Å². The van der Waals surface area contributed by atoms with Gasteiger partial charge in [0.15, 0.2) is 9.84 Å². The van der Waals surface area contributed by atoms with Gasteiger partial charge in [-0.05, 0) is 54.8 Å². The van der Waals surface area contributed by atoms with Crippen LogP contribution < -0.4 is 0 Å². The summed E-state index contributed by atoms with van der Waals surface area (Å²) in [6, 6.07) is 20.3. The van der Waals surface area contributed by atoms with Gasteiger partial charge in [-0.2, -0.15) is 9.78 Å². The Labute approximate surface area is 202 Å². The van der Waals surface area contributed by atoms with Crippen molar-refractivity contribution in [3.63, 3.8) is 0 Å². The molecular formula is C26H23FN4O3S. The maximum absolute atomic E-state index is 13.3. The van der Waals surface area contributed by atoms with Crippen molar-refractivity contribution in [3.8, 4) is 23.1 Å². The lowest BCUT2D eigenvalue weighted by atomic mass is 10.0. The Morgan fingerprint density at radius 1 is 0.943 bits per heavy atom. The molecule has 0 aliphatic carbocycles. The van der Waals surface area contributed by atoms with Crippen LogP contribution in [0.1, 0.15) is 11.1 Å². The first-order valence-corrected chi connectivity index (χ1v) is 12.9. The van der Waals surface area contributed by atoms with Gasteiger partial charge in [0.2, 0.25) is 11.8 Å². The SMILES string of the molecule is Cn1c(-n2nc(-c3ccc(S(C)(=O)=O)cc3)c(CCc3ccc(F)cc3)c2O)nc2ccccc21. The van der Waals surface area contributed by atoms with Crippen molar-refractivity contribution in [1.29, 1.82) is 0 Å². The minimum absolute atomic E-state index is 0.0484. The predicted molar refractivity (Wildman–Crippen MR) is 132 cm³/mol. The monoisotopic (exact) mass is 490 g/mol. The number of hydrogen-bond donors (Lipinski definition) is 1. The number of rotatable bonds is 6. The third-order valence-electron chi connectivity index (χ3n) is 6.04. The molecule has 35 heavy (non-hydrogen) atoms. The molecule has 0 aliphatic heterocycles. The molecule has 1 N–H and O–H groups in total. The zero-order valence-corrected chi connectivity index (χ0v) is 20.0. The van der Waals surface area contributed by atoms with E-state index < -0.39 is 9.84 Å². The highest BCUT2D eigenvalue weighted by Crippen LogP contribution is 2.34. The standard InChI is InChI=1S/C26H23FN4O3S/c1-30-23-6-4-3-5-22(23)28-26(30)31-25(32)21(16-9-17-7-12-19(27)13-8-17)24(29-31)18-10-14-20(15-11-18)35(2,33)34/h3-8,10-15,32H,9,16H2,1-2H3. The van der Waals surface area contributed by atoms with E-state index in [9.17, 15) is 17.9 Å². The fourth-order valence-corrected chi connectivity index (χ4v) is 4.78. The van der Waals surface area contributed by atoms with Crippen LogP contribution >= 0.6 is 0 Å². The Kier molecular flexibility index (Phi) is 5.64. The maximum Gasteiger partial charge on any atom is 0.234 e. The first kappa shape index (κ1) is 22.8. The molecule has 7 nitrogen and oxygen atoms in total. The number of aromatic hydroxyl groups is 1. The van der Waals surface area contributed by atoms with Crippen molar-refractivity contribution in [2.75, 3.05) is 6.26 Å². The van der Waals surface area contributed by atoms with E-state index in [2.05, 4.69) is 4.98 Å². The molecule has 0 fully saturated rings. The zero-order valence-electron chi connectivity index (χ0n) is 19.2. The maximum atomic E-state index is 13.3. The van der Waals surface area contributed by atoms with Gasteiger partial charge >= 0.3 is 0 Å². The highest BCUT2D eigenvalue weighted by atomic mass is 32.2. The van der Waals surface area contributed by atoms with Crippen molar-refractivity contribution in [3.05, 3.63) is 89.7 Å². The molecule has 0 saturated carbocycles. The Balaban J connectivity index is 1.62. The van der Waals surface area contributed by atoms with Crippen molar-refractivity contribution in [2.45, 2.75) is 17.7 Å². The molecule has 0 aliphatic rings. The summed E-state index contributed by atoms with van der Waals surface area (Å²) in [5.74, 6) is 0.0939. The lowest BCUT2D eigenvalue weighted by Gasteiger charge is -2.06. The minimum Gasteiger partial charge on any atom is -0.493 e. The minimum atomic E-state index is -3.35. The average molecular weight is 491 g/mol. The molecule has 0 radical (unpaired) electrons. The normalized spacial score (nSPS) is 11.9. The number of sulfone groups is 1. The molecule has 0 saturated heterocycles. The van der Waals surface area contributed by atoms with Gasteiger partial charge in [-0.1, -0.05) is 36.4 Å². The van der Waals surface area contributed by atoms with E-state index in [4.69, 9.17) is 5.10 Å².